The molecule has 0 amide bonds. The van der Waals surface area contributed by atoms with Gasteiger partial charge in [-0.05, 0) is 37.5 Å². The van der Waals surface area contributed by atoms with E-state index in [1.54, 1.807) is 24.3 Å². The second-order valence-electron chi connectivity index (χ2n) is 6.87. The van der Waals surface area contributed by atoms with Gasteiger partial charge < -0.3 is 15.5 Å². The van der Waals surface area contributed by atoms with E-state index >= 15 is 0 Å². The molecular formula is C21H25F3N4. The van der Waals surface area contributed by atoms with Crippen molar-refractivity contribution in [1.29, 1.82) is 0 Å². The average Bonchev–Trinajstić information content (AvgIpc) is 3.16. The molecule has 1 aliphatic rings. The SMILES string of the molecule is CCNC(=NCc1ccccc1F)NCC1CCN(c2ccc(F)c(F)c2)C1. The molecule has 1 atom stereocenters. The van der Waals surface area contributed by atoms with Crippen LogP contribution in [0.2, 0.25) is 0 Å². The van der Waals surface area contributed by atoms with Crippen molar-refractivity contribution in [2.75, 3.05) is 31.1 Å². The minimum absolute atomic E-state index is 0.258. The van der Waals surface area contributed by atoms with Crippen molar-refractivity contribution in [3.63, 3.8) is 0 Å². The highest BCUT2D eigenvalue weighted by Crippen LogP contribution is 2.25. The first-order valence-electron chi connectivity index (χ1n) is 9.52. The number of anilines is 1. The van der Waals surface area contributed by atoms with Gasteiger partial charge in [0.2, 0.25) is 0 Å². The molecule has 1 aliphatic heterocycles. The minimum atomic E-state index is -0.831. The van der Waals surface area contributed by atoms with E-state index in [2.05, 4.69) is 20.5 Å². The Labute approximate surface area is 163 Å². The molecule has 0 bridgehead atoms. The van der Waals surface area contributed by atoms with Gasteiger partial charge in [-0.25, -0.2) is 18.2 Å². The Morgan fingerprint density at radius 2 is 1.89 bits per heavy atom. The van der Waals surface area contributed by atoms with Crippen LogP contribution in [0.15, 0.2) is 47.5 Å². The predicted octanol–water partition coefficient (Wildman–Crippen LogP) is 3.69. The van der Waals surface area contributed by atoms with Gasteiger partial charge in [-0.2, -0.15) is 0 Å². The van der Waals surface area contributed by atoms with Gasteiger partial charge in [0.15, 0.2) is 17.6 Å². The van der Waals surface area contributed by atoms with Gasteiger partial charge in [-0.3, -0.25) is 0 Å². The second-order valence-corrected chi connectivity index (χ2v) is 6.87. The molecule has 2 aromatic carbocycles. The van der Waals surface area contributed by atoms with Crippen LogP contribution in [0.25, 0.3) is 0 Å². The molecule has 1 saturated heterocycles. The quantitative estimate of drug-likeness (QED) is 0.584. The fraction of sp³-hybridized carbons (Fsp3) is 0.381. The average molecular weight is 390 g/mol. The first kappa shape index (κ1) is 20.0. The van der Waals surface area contributed by atoms with Crippen LogP contribution < -0.4 is 15.5 Å². The highest BCUT2D eigenvalue weighted by atomic mass is 19.2. The fourth-order valence-electron chi connectivity index (χ4n) is 3.29. The van der Waals surface area contributed by atoms with E-state index in [1.807, 2.05) is 6.92 Å². The van der Waals surface area contributed by atoms with Crippen LogP contribution in [0.1, 0.15) is 18.9 Å². The first-order chi connectivity index (χ1) is 13.6. The molecule has 7 heteroatoms. The number of hydrogen-bond donors (Lipinski definition) is 2. The van der Waals surface area contributed by atoms with Crippen LogP contribution in [0.3, 0.4) is 0 Å². The van der Waals surface area contributed by atoms with Crippen molar-refractivity contribution in [3.05, 3.63) is 65.5 Å². The molecule has 0 spiro atoms. The van der Waals surface area contributed by atoms with Crippen molar-refractivity contribution >= 4 is 11.6 Å². The summed E-state index contributed by atoms with van der Waals surface area (Å²) in [6.07, 6.45) is 0.943. The van der Waals surface area contributed by atoms with Crippen molar-refractivity contribution < 1.29 is 13.2 Å². The van der Waals surface area contributed by atoms with Crippen LogP contribution in [0.4, 0.5) is 18.9 Å². The second kappa shape index (κ2) is 9.48. The number of aliphatic imine (C=N–C) groups is 1. The maximum Gasteiger partial charge on any atom is 0.191 e. The molecule has 3 rings (SSSR count). The Morgan fingerprint density at radius 3 is 2.64 bits per heavy atom. The van der Waals surface area contributed by atoms with Crippen LogP contribution in [0.5, 0.6) is 0 Å². The Balaban J connectivity index is 1.54. The smallest absolute Gasteiger partial charge is 0.191 e. The molecule has 28 heavy (non-hydrogen) atoms. The highest BCUT2D eigenvalue weighted by molar-refractivity contribution is 5.79. The zero-order valence-electron chi connectivity index (χ0n) is 15.9. The Kier molecular flexibility index (Phi) is 6.79. The van der Waals surface area contributed by atoms with E-state index < -0.39 is 11.6 Å². The van der Waals surface area contributed by atoms with Gasteiger partial charge in [-0.1, -0.05) is 18.2 Å². The number of halogens is 3. The molecule has 0 saturated carbocycles. The van der Waals surface area contributed by atoms with Crippen LogP contribution in [0, 0.1) is 23.4 Å². The van der Waals surface area contributed by atoms with Crippen LogP contribution in [-0.4, -0.2) is 32.1 Å². The molecule has 2 aromatic rings. The van der Waals surface area contributed by atoms with E-state index in [0.717, 1.165) is 25.6 Å². The van der Waals surface area contributed by atoms with Crippen LogP contribution in [-0.2, 0) is 6.54 Å². The largest absolute Gasteiger partial charge is 0.371 e. The molecule has 1 fully saturated rings. The fourth-order valence-corrected chi connectivity index (χ4v) is 3.29. The van der Waals surface area contributed by atoms with Gasteiger partial charge >= 0.3 is 0 Å². The topological polar surface area (TPSA) is 39.7 Å². The Hall–Kier alpha value is -2.70. The standard InChI is InChI=1S/C21H25F3N4/c1-2-25-21(27-13-16-5-3-4-6-18(16)22)26-12-15-9-10-28(14-15)17-7-8-19(23)20(24)11-17/h3-8,11,15H,2,9-10,12-14H2,1H3,(H2,25,26,27). The minimum Gasteiger partial charge on any atom is -0.371 e. The van der Waals surface area contributed by atoms with Crippen molar-refractivity contribution in [3.8, 4) is 0 Å². The van der Waals surface area contributed by atoms with Gasteiger partial charge in [0.1, 0.15) is 5.82 Å². The molecule has 150 valence electrons. The predicted molar refractivity (Wildman–Crippen MR) is 106 cm³/mol. The van der Waals surface area contributed by atoms with Gasteiger partial charge in [0.25, 0.3) is 0 Å². The Morgan fingerprint density at radius 1 is 1.07 bits per heavy atom. The normalized spacial score (nSPS) is 17.1. The summed E-state index contributed by atoms with van der Waals surface area (Å²) < 4.78 is 40.3. The molecular weight excluding hydrogens is 365 g/mol. The highest BCUT2D eigenvalue weighted by Gasteiger charge is 2.23. The number of guanidine groups is 1. The number of nitrogens with one attached hydrogen (secondary N) is 2. The molecule has 4 nitrogen and oxygen atoms in total. The third-order valence-corrected chi connectivity index (χ3v) is 4.82. The van der Waals surface area contributed by atoms with E-state index in [4.69, 9.17) is 0 Å². The van der Waals surface area contributed by atoms with Crippen molar-refractivity contribution in [1.82, 2.24) is 10.6 Å². The third-order valence-electron chi connectivity index (χ3n) is 4.82. The van der Waals surface area contributed by atoms with Crippen molar-refractivity contribution in [2.24, 2.45) is 10.9 Å². The number of hydrogen-bond acceptors (Lipinski definition) is 2. The molecule has 1 heterocycles. The first-order valence-corrected chi connectivity index (χ1v) is 9.52. The zero-order chi connectivity index (χ0) is 19.9. The summed E-state index contributed by atoms with van der Waals surface area (Å²) in [5.74, 6) is -0.932. The van der Waals surface area contributed by atoms with E-state index in [0.29, 0.717) is 36.2 Å². The molecule has 0 aliphatic carbocycles. The maximum absolute atomic E-state index is 13.7. The molecule has 0 radical (unpaired) electrons. The lowest BCUT2D eigenvalue weighted by Gasteiger charge is -2.19. The van der Waals surface area contributed by atoms with Gasteiger partial charge in [0, 0.05) is 43.5 Å². The summed E-state index contributed by atoms with van der Waals surface area (Å²) in [6, 6.07) is 10.6. The summed E-state index contributed by atoms with van der Waals surface area (Å²) >= 11 is 0. The lowest BCUT2D eigenvalue weighted by molar-refractivity contribution is 0.508. The number of benzene rings is 2. The van der Waals surface area contributed by atoms with Crippen molar-refractivity contribution in [2.45, 2.75) is 19.9 Å². The number of nitrogens with zero attached hydrogens (tertiary/aromatic N) is 2. The summed E-state index contributed by atoms with van der Waals surface area (Å²) in [6.45, 7) is 5.18. The molecule has 0 aromatic heterocycles. The van der Waals surface area contributed by atoms with E-state index in [-0.39, 0.29) is 12.4 Å². The van der Waals surface area contributed by atoms with E-state index in [1.165, 1.54) is 12.1 Å². The Bertz CT molecular complexity index is 825. The lowest BCUT2D eigenvalue weighted by atomic mass is 10.1. The monoisotopic (exact) mass is 390 g/mol. The summed E-state index contributed by atoms with van der Waals surface area (Å²) in [5, 5.41) is 6.46. The van der Waals surface area contributed by atoms with Crippen LogP contribution >= 0.6 is 0 Å². The lowest BCUT2D eigenvalue weighted by Crippen LogP contribution is -2.40. The van der Waals surface area contributed by atoms with Gasteiger partial charge in [0.05, 0.1) is 6.54 Å². The number of rotatable bonds is 6. The third kappa shape index (κ3) is 5.18. The molecule has 1 unspecified atom stereocenters. The van der Waals surface area contributed by atoms with Gasteiger partial charge in [-0.15, -0.1) is 0 Å². The van der Waals surface area contributed by atoms with E-state index in [9.17, 15) is 13.2 Å². The molecule has 2 N–H and O–H groups in total. The summed E-state index contributed by atoms with van der Waals surface area (Å²) in [4.78, 5) is 6.51. The summed E-state index contributed by atoms with van der Waals surface area (Å²) in [5.41, 5.74) is 1.24. The summed E-state index contributed by atoms with van der Waals surface area (Å²) in [7, 11) is 0. The zero-order valence-corrected chi connectivity index (χ0v) is 15.9. The maximum atomic E-state index is 13.7.